The summed E-state index contributed by atoms with van der Waals surface area (Å²) >= 11 is 0. The Morgan fingerprint density at radius 1 is 1.14 bits per heavy atom. The molecule has 1 aromatic carbocycles. The normalized spacial score (nSPS) is 17.9. The predicted octanol–water partition coefficient (Wildman–Crippen LogP) is 2.00. The molecule has 1 aliphatic heterocycles. The second kappa shape index (κ2) is 10.9. The van der Waals surface area contributed by atoms with Gasteiger partial charge in [-0.25, -0.2) is 0 Å². The molecule has 12 heteroatoms. The van der Waals surface area contributed by atoms with Crippen LogP contribution in [0, 0.1) is 5.41 Å². The van der Waals surface area contributed by atoms with Crippen LogP contribution in [0.4, 0.5) is 13.2 Å². The number of nitrogens with zero attached hydrogens (tertiary/aromatic N) is 1. The standard InChI is InChI=1S/C23H28F3N3O6/c1-22(2,3)18(28-19(33)14-7-4-5-8-15(14)23(24,25)26)21(35)29-10-6-9-16(29)20(34)27-13(12-30)11-17(31)32/h4-5,7-8,12-13,16,18H,6,9-11H2,1-3H3,(H,27,34)(H,28,33)(H,31,32)/t13-,16-,18+/m0/s1. The minimum absolute atomic E-state index is 0.142. The first kappa shape index (κ1) is 27.8. The molecule has 0 radical (unpaired) electrons. The lowest BCUT2D eigenvalue weighted by molar-refractivity contribution is -0.143. The summed E-state index contributed by atoms with van der Waals surface area (Å²) in [6, 6.07) is 0.624. The molecule has 9 nitrogen and oxygen atoms in total. The molecule has 0 spiro atoms. The van der Waals surface area contributed by atoms with Gasteiger partial charge >= 0.3 is 12.1 Å². The first-order chi connectivity index (χ1) is 16.2. The van der Waals surface area contributed by atoms with Gasteiger partial charge in [0.1, 0.15) is 18.4 Å². The molecule has 0 saturated carbocycles. The van der Waals surface area contributed by atoms with Crippen LogP contribution in [-0.4, -0.2) is 64.7 Å². The highest BCUT2D eigenvalue weighted by atomic mass is 19.4. The topological polar surface area (TPSA) is 133 Å². The number of halogens is 3. The van der Waals surface area contributed by atoms with Crippen molar-refractivity contribution in [3.05, 3.63) is 35.4 Å². The van der Waals surface area contributed by atoms with Crippen molar-refractivity contribution in [1.29, 1.82) is 0 Å². The Morgan fingerprint density at radius 2 is 1.77 bits per heavy atom. The van der Waals surface area contributed by atoms with Crippen LogP contribution in [0.5, 0.6) is 0 Å². The van der Waals surface area contributed by atoms with E-state index in [2.05, 4.69) is 10.6 Å². The number of carboxylic acids is 1. The molecule has 35 heavy (non-hydrogen) atoms. The highest BCUT2D eigenvalue weighted by molar-refractivity contribution is 6.00. The third kappa shape index (κ3) is 7.03. The predicted molar refractivity (Wildman–Crippen MR) is 117 cm³/mol. The lowest BCUT2D eigenvalue weighted by Gasteiger charge is -2.35. The Hall–Kier alpha value is -3.44. The molecule has 2 rings (SSSR count). The molecule has 1 aromatic rings. The fraction of sp³-hybridized carbons (Fsp3) is 0.522. The minimum atomic E-state index is -4.78. The molecule has 1 aliphatic rings. The van der Waals surface area contributed by atoms with Crippen molar-refractivity contribution < 1.29 is 42.3 Å². The van der Waals surface area contributed by atoms with E-state index in [-0.39, 0.29) is 19.3 Å². The lowest BCUT2D eigenvalue weighted by Crippen LogP contribution is -2.58. The fourth-order valence-corrected chi connectivity index (χ4v) is 3.85. The third-order valence-electron chi connectivity index (χ3n) is 5.59. The van der Waals surface area contributed by atoms with E-state index in [9.17, 15) is 37.1 Å². The number of hydrogen-bond acceptors (Lipinski definition) is 5. The number of aldehydes is 1. The largest absolute Gasteiger partial charge is 0.481 e. The summed E-state index contributed by atoms with van der Waals surface area (Å²) in [5, 5.41) is 13.6. The van der Waals surface area contributed by atoms with E-state index in [4.69, 9.17) is 5.11 Å². The molecule has 0 aliphatic carbocycles. The quantitative estimate of drug-likeness (QED) is 0.469. The van der Waals surface area contributed by atoms with Gasteiger partial charge in [0.05, 0.1) is 23.6 Å². The number of aliphatic carboxylic acids is 1. The van der Waals surface area contributed by atoms with Crippen LogP contribution in [-0.2, 0) is 25.4 Å². The van der Waals surface area contributed by atoms with Crippen LogP contribution >= 0.6 is 0 Å². The van der Waals surface area contributed by atoms with Gasteiger partial charge in [0.25, 0.3) is 5.91 Å². The summed E-state index contributed by atoms with van der Waals surface area (Å²) in [5.74, 6) is -3.78. The molecular weight excluding hydrogens is 471 g/mol. The summed E-state index contributed by atoms with van der Waals surface area (Å²) in [6.07, 6.45) is -4.47. The summed E-state index contributed by atoms with van der Waals surface area (Å²) in [7, 11) is 0. The van der Waals surface area contributed by atoms with Crippen molar-refractivity contribution in [2.24, 2.45) is 5.41 Å². The number of rotatable bonds is 8. The van der Waals surface area contributed by atoms with Crippen molar-refractivity contribution in [3.8, 4) is 0 Å². The maximum absolute atomic E-state index is 13.4. The number of alkyl halides is 3. The molecule has 0 bridgehead atoms. The number of hydrogen-bond donors (Lipinski definition) is 3. The first-order valence-corrected chi connectivity index (χ1v) is 10.9. The van der Waals surface area contributed by atoms with Crippen LogP contribution < -0.4 is 10.6 Å². The lowest BCUT2D eigenvalue weighted by atomic mass is 9.85. The number of benzene rings is 1. The molecule has 3 amide bonds. The van der Waals surface area contributed by atoms with Crippen molar-refractivity contribution in [3.63, 3.8) is 0 Å². The fourth-order valence-electron chi connectivity index (χ4n) is 3.85. The average Bonchev–Trinajstić information content (AvgIpc) is 3.24. The van der Waals surface area contributed by atoms with E-state index < -0.39 is 71.0 Å². The Labute approximate surface area is 200 Å². The first-order valence-electron chi connectivity index (χ1n) is 10.9. The Kier molecular flexibility index (Phi) is 8.64. The molecule has 1 fully saturated rings. The van der Waals surface area contributed by atoms with Gasteiger partial charge in [-0.3, -0.25) is 19.2 Å². The Bertz CT molecular complexity index is 989. The van der Waals surface area contributed by atoms with E-state index in [1.807, 2.05) is 0 Å². The van der Waals surface area contributed by atoms with E-state index in [1.165, 1.54) is 11.0 Å². The smallest absolute Gasteiger partial charge is 0.417 e. The number of likely N-dealkylation sites (tertiary alicyclic amines) is 1. The third-order valence-corrected chi connectivity index (χ3v) is 5.59. The Morgan fingerprint density at radius 3 is 2.31 bits per heavy atom. The summed E-state index contributed by atoms with van der Waals surface area (Å²) in [4.78, 5) is 62.2. The van der Waals surface area contributed by atoms with Crippen LogP contribution in [0.1, 0.15) is 56.0 Å². The zero-order valence-electron chi connectivity index (χ0n) is 19.5. The second-order valence-electron chi connectivity index (χ2n) is 9.35. The van der Waals surface area contributed by atoms with Gasteiger partial charge in [-0.2, -0.15) is 13.2 Å². The van der Waals surface area contributed by atoms with E-state index in [0.717, 1.165) is 18.2 Å². The monoisotopic (exact) mass is 499 g/mol. The minimum Gasteiger partial charge on any atom is -0.481 e. The molecule has 3 N–H and O–H groups in total. The molecule has 0 aromatic heterocycles. The SMILES string of the molecule is CC(C)(C)[C@H](NC(=O)c1ccccc1C(F)(F)F)C(=O)N1CCC[C@H]1C(=O)N[C@H](C=O)CC(=O)O. The van der Waals surface area contributed by atoms with Gasteiger partial charge in [-0.1, -0.05) is 32.9 Å². The summed E-state index contributed by atoms with van der Waals surface area (Å²) < 4.78 is 40.1. The molecule has 3 atom stereocenters. The van der Waals surface area contributed by atoms with Gasteiger partial charge in [-0.05, 0) is 30.4 Å². The maximum atomic E-state index is 13.4. The highest BCUT2D eigenvalue weighted by Gasteiger charge is 2.43. The molecule has 0 unspecified atom stereocenters. The van der Waals surface area contributed by atoms with Gasteiger partial charge in [-0.15, -0.1) is 0 Å². The van der Waals surface area contributed by atoms with Crippen LogP contribution in [0.15, 0.2) is 24.3 Å². The van der Waals surface area contributed by atoms with Crippen molar-refractivity contribution in [2.45, 2.75) is 64.3 Å². The van der Waals surface area contributed by atoms with E-state index in [0.29, 0.717) is 6.42 Å². The van der Waals surface area contributed by atoms with Crippen LogP contribution in [0.25, 0.3) is 0 Å². The second-order valence-corrected chi connectivity index (χ2v) is 9.35. The van der Waals surface area contributed by atoms with Gasteiger partial charge in [0, 0.05) is 6.54 Å². The number of carbonyl (C=O) groups excluding carboxylic acids is 4. The van der Waals surface area contributed by atoms with Gasteiger partial charge < -0.3 is 25.4 Å². The molecule has 1 heterocycles. The van der Waals surface area contributed by atoms with Crippen LogP contribution in [0.3, 0.4) is 0 Å². The van der Waals surface area contributed by atoms with Crippen molar-refractivity contribution in [2.75, 3.05) is 6.54 Å². The Balaban J connectivity index is 2.27. The highest BCUT2D eigenvalue weighted by Crippen LogP contribution is 2.32. The number of carboxylic acid groups (broad SMARTS) is 1. The van der Waals surface area contributed by atoms with E-state index >= 15 is 0 Å². The summed E-state index contributed by atoms with van der Waals surface area (Å²) in [5.41, 5.74) is -2.72. The van der Waals surface area contributed by atoms with Crippen LogP contribution in [0.2, 0.25) is 0 Å². The van der Waals surface area contributed by atoms with Gasteiger partial charge in [0.2, 0.25) is 11.8 Å². The molecule has 192 valence electrons. The van der Waals surface area contributed by atoms with Crippen molar-refractivity contribution >= 4 is 30.0 Å². The molecular formula is C23H28F3N3O6. The zero-order valence-corrected chi connectivity index (χ0v) is 19.5. The number of nitrogens with one attached hydrogen (secondary N) is 2. The van der Waals surface area contributed by atoms with Crippen molar-refractivity contribution in [1.82, 2.24) is 15.5 Å². The van der Waals surface area contributed by atoms with E-state index in [1.54, 1.807) is 20.8 Å². The van der Waals surface area contributed by atoms with Gasteiger partial charge in [0.15, 0.2) is 0 Å². The number of carbonyl (C=O) groups is 5. The average molecular weight is 499 g/mol. The summed E-state index contributed by atoms with van der Waals surface area (Å²) in [6.45, 7) is 4.99. The zero-order chi connectivity index (χ0) is 26.6. The number of amides is 3. The molecule has 1 saturated heterocycles. The maximum Gasteiger partial charge on any atom is 0.417 e.